The fourth-order valence-electron chi connectivity index (χ4n) is 3.47. The molecule has 0 spiro atoms. The molecule has 18 heavy (non-hydrogen) atoms. The number of esters is 1. The molecule has 4 heteroatoms. The van der Waals surface area contributed by atoms with Gasteiger partial charge >= 0.3 is 5.97 Å². The summed E-state index contributed by atoms with van der Waals surface area (Å²) in [6.07, 6.45) is 7.69. The quantitative estimate of drug-likeness (QED) is 0.770. The Morgan fingerprint density at radius 3 is 2.78 bits per heavy atom. The van der Waals surface area contributed by atoms with E-state index in [0.29, 0.717) is 6.42 Å². The Kier molecular flexibility index (Phi) is 5.01. The molecule has 4 nitrogen and oxygen atoms in total. The van der Waals surface area contributed by atoms with Gasteiger partial charge in [0.15, 0.2) is 0 Å². The molecule has 0 amide bonds. The van der Waals surface area contributed by atoms with Crippen LogP contribution in [0.15, 0.2) is 0 Å². The lowest BCUT2D eigenvalue weighted by Crippen LogP contribution is -2.44. The molecule has 2 fully saturated rings. The predicted molar refractivity (Wildman–Crippen MR) is 71.1 cm³/mol. The first-order valence-corrected chi connectivity index (χ1v) is 7.26. The summed E-state index contributed by atoms with van der Waals surface area (Å²) < 4.78 is 4.66. The number of nitrogens with two attached hydrogens (primary N) is 1. The lowest BCUT2D eigenvalue weighted by Gasteiger charge is -2.41. The van der Waals surface area contributed by atoms with Crippen LogP contribution in [0.4, 0.5) is 0 Å². The van der Waals surface area contributed by atoms with E-state index in [1.807, 2.05) is 0 Å². The van der Waals surface area contributed by atoms with E-state index in [4.69, 9.17) is 5.73 Å². The summed E-state index contributed by atoms with van der Waals surface area (Å²) in [4.78, 5) is 13.7. The Balaban J connectivity index is 1.72. The molecule has 0 radical (unpaired) electrons. The second-order valence-electron chi connectivity index (χ2n) is 5.81. The normalized spacial score (nSPS) is 30.6. The summed E-state index contributed by atoms with van der Waals surface area (Å²) in [5.41, 5.74) is 5.78. The lowest BCUT2D eigenvalue weighted by atomic mass is 9.75. The van der Waals surface area contributed by atoms with Crippen molar-refractivity contribution in [3.63, 3.8) is 0 Å². The van der Waals surface area contributed by atoms with Crippen LogP contribution in [0.5, 0.6) is 0 Å². The van der Waals surface area contributed by atoms with E-state index < -0.39 is 6.04 Å². The van der Waals surface area contributed by atoms with Crippen molar-refractivity contribution in [1.29, 1.82) is 0 Å². The zero-order valence-corrected chi connectivity index (χ0v) is 11.4. The first-order chi connectivity index (χ1) is 8.70. The van der Waals surface area contributed by atoms with Gasteiger partial charge < -0.3 is 15.4 Å². The molecular formula is C14H26N2O2. The van der Waals surface area contributed by atoms with Crippen molar-refractivity contribution < 1.29 is 9.53 Å². The standard InChI is InChI=1S/C14H26N2O2/c1-18-14(17)13(15)7-9-16-8-6-11-4-2-3-5-12(11)10-16/h11-13H,2-10,15H2,1H3. The molecule has 2 aliphatic rings. The van der Waals surface area contributed by atoms with Crippen LogP contribution >= 0.6 is 0 Å². The highest BCUT2D eigenvalue weighted by atomic mass is 16.5. The number of fused-ring (bicyclic) bond motifs is 1. The summed E-state index contributed by atoms with van der Waals surface area (Å²) in [6.45, 7) is 3.31. The number of carbonyl (C=O) groups excluding carboxylic acids is 1. The maximum atomic E-state index is 11.2. The van der Waals surface area contributed by atoms with E-state index in [1.165, 1.54) is 52.3 Å². The minimum Gasteiger partial charge on any atom is -0.468 e. The van der Waals surface area contributed by atoms with Gasteiger partial charge in [0.2, 0.25) is 0 Å². The number of nitrogens with zero attached hydrogens (tertiary/aromatic N) is 1. The van der Waals surface area contributed by atoms with Crippen LogP contribution < -0.4 is 5.73 Å². The van der Waals surface area contributed by atoms with Gasteiger partial charge in [0, 0.05) is 13.1 Å². The van der Waals surface area contributed by atoms with Gasteiger partial charge in [0.05, 0.1) is 7.11 Å². The molecule has 0 aromatic heterocycles. The number of rotatable bonds is 4. The molecule has 1 saturated carbocycles. The van der Waals surface area contributed by atoms with Crippen molar-refractivity contribution in [3.05, 3.63) is 0 Å². The minimum absolute atomic E-state index is 0.289. The number of ether oxygens (including phenoxy) is 1. The number of methoxy groups -OCH3 is 1. The molecule has 3 unspecified atom stereocenters. The predicted octanol–water partition coefficient (Wildman–Crippen LogP) is 1.39. The third-order valence-corrected chi connectivity index (χ3v) is 4.64. The molecular weight excluding hydrogens is 228 g/mol. The second kappa shape index (κ2) is 6.53. The zero-order valence-electron chi connectivity index (χ0n) is 11.4. The fraction of sp³-hybridized carbons (Fsp3) is 0.929. The van der Waals surface area contributed by atoms with Gasteiger partial charge in [-0.15, -0.1) is 0 Å². The third-order valence-electron chi connectivity index (χ3n) is 4.64. The molecule has 1 saturated heterocycles. The number of carbonyl (C=O) groups is 1. The summed E-state index contributed by atoms with van der Waals surface area (Å²) in [6, 6.07) is -0.459. The van der Waals surface area contributed by atoms with Crippen molar-refractivity contribution in [2.75, 3.05) is 26.7 Å². The smallest absolute Gasteiger partial charge is 0.322 e. The average molecular weight is 254 g/mol. The third kappa shape index (κ3) is 3.45. The minimum atomic E-state index is -0.459. The van der Waals surface area contributed by atoms with Gasteiger partial charge in [0.25, 0.3) is 0 Å². The van der Waals surface area contributed by atoms with Crippen LogP contribution in [0.3, 0.4) is 0 Å². The zero-order chi connectivity index (χ0) is 13.0. The van der Waals surface area contributed by atoms with Gasteiger partial charge in [-0.05, 0) is 37.6 Å². The maximum absolute atomic E-state index is 11.2. The summed E-state index contributed by atoms with van der Waals surface area (Å²) in [5.74, 6) is 1.56. The summed E-state index contributed by atoms with van der Waals surface area (Å²) in [5, 5.41) is 0. The second-order valence-corrected chi connectivity index (χ2v) is 5.81. The van der Waals surface area contributed by atoms with Gasteiger partial charge in [-0.3, -0.25) is 4.79 Å². The highest BCUT2D eigenvalue weighted by Gasteiger charge is 2.31. The van der Waals surface area contributed by atoms with Crippen molar-refractivity contribution in [2.45, 2.75) is 44.6 Å². The number of hydrogen-bond donors (Lipinski definition) is 1. The number of likely N-dealkylation sites (tertiary alicyclic amines) is 1. The van der Waals surface area contributed by atoms with Crippen molar-refractivity contribution in [1.82, 2.24) is 4.90 Å². The van der Waals surface area contributed by atoms with E-state index in [1.54, 1.807) is 0 Å². The van der Waals surface area contributed by atoms with Crippen LogP contribution in [-0.2, 0) is 9.53 Å². The highest BCUT2D eigenvalue weighted by molar-refractivity contribution is 5.75. The van der Waals surface area contributed by atoms with Crippen molar-refractivity contribution >= 4 is 5.97 Å². The fourth-order valence-corrected chi connectivity index (χ4v) is 3.47. The molecule has 0 aromatic rings. The molecule has 104 valence electrons. The van der Waals surface area contributed by atoms with Crippen LogP contribution in [0.1, 0.15) is 38.5 Å². The molecule has 3 atom stereocenters. The Labute approximate surface area is 110 Å². The lowest BCUT2D eigenvalue weighted by molar-refractivity contribution is -0.142. The van der Waals surface area contributed by atoms with Gasteiger partial charge in [0.1, 0.15) is 6.04 Å². The first-order valence-electron chi connectivity index (χ1n) is 7.26. The molecule has 1 aliphatic carbocycles. The van der Waals surface area contributed by atoms with E-state index in [-0.39, 0.29) is 5.97 Å². The molecule has 2 N–H and O–H groups in total. The van der Waals surface area contributed by atoms with Gasteiger partial charge in [-0.25, -0.2) is 0 Å². The van der Waals surface area contributed by atoms with Crippen LogP contribution in [0, 0.1) is 11.8 Å². The van der Waals surface area contributed by atoms with E-state index in [2.05, 4.69) is 9.64 Å². The first kappa shape index (κ1) is 13.8. The average Bonchev–Trinajstić information content (AvgIpc) is 2.43. The topological polar surface area (TPSA) is 55.6 Å². The molecule has 2 rings (SSSR count). The Bertz CT molecular complexity index is 283. The monoisotopic (exact) mass is 254 g/mol. The Morgan fingerprint density at radius 1 is 1.33 bits per heavy atom. The van der Waals surface area contributed by atoms with Gasteiger partial charge in [-0.2, -0.15) is 0 Å². The summed E-state index contributed by atoms with van der Waals surface area (Å²) in [7, 11) is 1.40. The van der Waals surface area contributed by atoms with E-state index >= 15 is 0 Å². The Morgan fingerprint density at radius 2 is 2.06 bits per heavy atom. The molecule has 0 bridgehead atoms. The maximum Gasteiger partial charge on any atom is 0.322 e. The SMILES string of the molecule is COC(=O)C(N)CCN1CCC2CCCCC2C1. The Hall–Kier alpha value is -0.610. The molecule has 1 aliphatic heterocycles. The molecule has 0 aromatic carbocycles. The van der Waals surface area contributed by atoms with Crippen LogP contribution in [-0.4, -0.2) is 43.7 Å². The number of hydrogen-bond acceptors (Lipinski definition) is 4. The van der Waals surface area contributed by atoms with Crippen molar-refractivity contribution in [2.24, 2.45) is 17.6 Å². The largest absolute Gasteiger partial charge is 0.468 e. The van der Waals surface area contributed by atoms with Crippen molar-refractivity contribution in [3.8, 4) is 0 Å². The number of piperidine rings is 1. The van der Waals surface area contributed by atoms with Crippen LogP contribution in [0.25, 0.3) is 0 Å². The van der Waals surface area contributed by atoms with E-state index in [9.17, 15) is 4.79 Å². The summed E-state index contributed by atoms with van der Waals surface area (Å²) >= 11 is 0. The molecule has 1 heterocycles. The highest BCUT2D eigenvalue weighted by Crippen LogP contribution is 2.35. The van der Waals surface area contributed by atoms with Crippen LogP contribution in [0.2, 0.25) is 0 Å². The van der Waals surface area contributed by atoms with Gasteiger partial charge in [-0.1, -0.05) is 19.3 Å². The van der Waals surface area contributed by atoms with E-state index in [0.717, 1.165) is 18.4 Å².